The number of nitrogen functional groups attached to an aromatic ring is 1. The topological polar surface area (TPSA) is 26.0 Å². The molecule has 0 aliphatic rings. The second kappa shape index (κ2) is 2.81. The quantitative estimate of drug-likeness (QED) is 0.668. The summed E-state index contributed by atoms with van der Waals surface area (Å²) in [5, 5.41) is 0.701. The summed E-state index contributed by atoms with van der Waals surface area (Å²) in [6.07, 6.45) is 0. The van der Waals surface area contributed by atoms with Crippen LogP contribution in [0.2, 0.25) is 5.02 Å². The molecular formula is C7H7BrClN. The van der Waals surface area contributed by atoms with E-state index >= 15 is 0 Å². The summed E-state index contributed by atoms with van der Waals surface area (Å²) in [6.45, 7) is 1.92. The Morgan fingerprint density at radius 1 is 1.50 bits per heavy atom. The van der Waals surface area contributed by atoms with E-state index in [4.69, 9.17) is 17.3 Å². The molecule has 0 aliphatic heterocycles. The first-order chi connectivity index (χ1) is 4.61. The van der Waals surface area contributed by atoms with Crippen molar-refractivity contribution >= 4 is 33.2 Å². The lowest BCUT2D eigenvalue weighted by atomic mass is 10.2. The zero-order valence-corrected chi connectivity index (χ0v) is 7.83. The van der Waals surface area contributed by atoms with Crippen LogP contribution in [0.4, 0.5) is 5.69 Å². The maximum Gasteiger partial charge on any atom is 0.0552 e. The van der Waals surface area contributed by atoms with Gasteiger partial charge in [-0.25, -0.2) is 0 Å². The van der Waals surface area contributed by atoms with Gasteiger partial charge in [0.05, 0.1) is 5.02 Å². The average Bonchev–Trinajstić information content (AvgIpc) is 1.84. The zero-order chi connectivity index (χ0) is 7.72. The molecule has 0 saturated heterocycles. The molecule has 1 nitrogen and oxygen atoms in total. The van der Waals surface area contributed by atoms with E-state index in [9.17, 15) is 0 Å². The molecule has 0 aromatic heterocycles. The summed E-state index contributed by atoms with van der Waals surface area (Å²) < 4.78 is 0.845. The van der Waals surface area contributed by atoms with Crippen LogP contribution in [-0.4, -0.2) is 0 Å². The van der Waals surface area contributed by atoms with Crippen molar-refractivity contribution in [1.29, 1.82) is 0 Å². The zero-order valence-electron chi connectivity index (χ0n) is 5.49. The first-order valence-corrected chi connectivity index (χ1v) is 3.99. The van der Waals surface area contributed by atoms with E-state index < -0.39 is 0 Å². The van der Waals surface area contributed by atoms with Gasteiger partial charge in [0.1, 0.15) is 0 Å². The monoisotopic (exact) mass is 219 g/mol. The molecule has 0 bridgehead atoms. The molecule has 2 N–H and O–H groups in total. The van der Waals surface area contributed by atoms with E-state index in [0.29, 0.717) is 5.02 Å². The summed E-state index contributed by atoms with van der Waals surface area (Å²) in [6, 6.07) is 3.64. The van der Waals surface area contributed by atoms with Crippen molar-refractivity contribution in [2.75, 3.05) is 5.73 Å². The minimum Gasteiger partial charge on any atom is -0.398 e. The van der Waals surface area contributed by atoms with Gasteiger partial charge in [-0.15, -0.1) is 0 Å². The van der Waals surface area contributed by atoms with Crippen LogP contribution >= 0.6 is 27.5 Å². The van der Waals surface area contributed by atoms with Gasteiger partial charge in [0.2, 0.25) is 0 Å². The van der Waals surface area contributed by atoms with Crippen LogP contribution in [0.15, 0.2) is 16.6 Å². The highest BCUT2D eigenvalue weighted by Crippen LogP contribution is 2.26. The third-order valence-electron chi connectivity index (χ3n) is 1.31. The number of anilines is 1. The van der Waals surface area contributed by atoms with E-state index in [2.05, 4.69) is 15.9 Å². The van der Waals surface area contributed by atoms with Gasteiger partial charge >= 0.3 is 0 Å². The average molecular weight is 220 g/mol. The van der Waals surface area contributed by atoms with Crippen LogP contribution in [0.5, 0.6) is 0 Å². The van der Waals surface area contributed by atoms with Gasteiger partial charge < -0.3 is 5.73 Å². The van der Waals surface area contributed by atoms with Gasteiger partial charge in [-0.05, 0) is 40.5 Å². The third-order valence-corrected chi connectivity index (χ3v) is 2.51. The molecule has 0 aliphatic carbocycles. The van der Waals surface area contributed by atoms with Gasteiger partial charge in [0.25, 0.3) is 0 Å². The lowest BCUT2D eigenvalue weighted by molar-refractivity contribution is 1.46. The van der Waals surface area contributed by atoms with Crippen LogP contribution in [0, 0.1) is 6.92 Å². The van der Waals surface area contributed by atoms with Crippen LogP contribution in [0.3, 0.4) is 0 Å². The molecule has 0 unspecified atom stereocenters. The fraction of sp³-hybridized carbons (Fsp3) is 0.143. The van der Waals surface area contributed by atoms with Crippen molar-refractivity contribution in [2.45, 2.75) is 6.92 Å². The smallest absolute Gasteiger partial charge is 0.0552 e. The molecule has 0 spiro atoms. The number of aryl methyl sites for hydroxylation is 1. The Kier molecular flexibility index (Phi) is 2.21. The summed E-state index contributed by atoms with van der Waals surface area (Å²) in [5.74, 6) is 0. The van der Waals surface area contributed by atoms with Gasteiger partial charge in [-0.1, -0.05) is 11.6 Å². The van der Waals surface area contributed by atoms with Crippen LogP contribution < -0.4 is 5.73 Å². The predicted octanol–water partition coefficient (Wildman–Crippen LogP) is 2.99. The fourth-order valence-corrected chi connectivity index (χ4v) is 1.24. The molecule has 0 fully saturated rings. The third kappa shape index (κ3) is 1.44. The second-order valence-electron chi connectivity index (χ2n) is 2.12. The van der Waals surface area contributed by atoms with E-state index in [0.717, 1.165) is 15.7 Å². The van der Waals surface area contributed by atoms with E-state index in [-0.39, 0.29) is 0 Å². The molecule has 54 valence electrons. The Hall–Kier alpha value is -0.210. The van der Waals surface area contributed by atoms with Gasteiger partial charge in [0.15, 0.2) is 0 Å². The molecule has 0 amide bonds. The first kappa shape index (κ1) is 7.89. The minimum absolute atomic E-state index is 0.701. The molecule has 1 aromatic carbocycles. The fourth-order valence-electron chi connectivity index (χ4n) is 0.662. The molecule has 10 heavy (non-hydrogen) atoms. The number of hydrogen-bond acceptors (Lipinski definition) is 1. The van der Waals surface area contributed by atoms with Crippen molar-refractivity contribution in [1.82, 2.24) is 0 Å². The first-order valence-electron chi connectivity index (χ1n) is 2.82. The van der Waals surface area contributed by atoms with Crippen LogP contribution in [-0.2, 0) is 0 Å². The highest BCUT2D eigenvalue weighted by molar-refractivity contribution is 9.10. The highest BCUT2D eigenvalue weighted by atomic mass is 79.9. The maximum absolute atomic E-state index is 5.78. The predicted molar refractivity (Wildman–Crippen MR) is 48.3 cm³/mol. The Morgan fingerprint density at radius 2 is 2.10 bits per heavy atom. The molecular weight excluding hydrogens is 213 g/mol. The van der Waals surface area contributed by atoms with Gasteiger partial charge in [-0.2, -0.15) is 0 Å². The van der Waals surface area contributed by atoms with Crippen molar-refractivity contribution in [2.24, 2.45) is 0 Å². The van der Waals surface area contributed by atoms with E-state index in [1.54, 1.807) is 6.07 Å². The largest absolute Gasteiger partial charge is 0.398 e. The molecule has 0 atom stereocenters. The highest BCUT2D eigenvalue weighted by Gasteiger charge is 1.99. The summed E-state index contributed by atoms with van der Waals surface area (Å²) in [4.78, 5) is 0. The molecule has 3 heteroatoms. The lowest BCUT2D eigenvalue weighted by Gasteiger charge is -2.01. The van der Waals surface area contributed by atoms with Gasteiger partial charge in [-0.3, -0.25) is 0 Å². The maximum atomic E-state index is 5.78. The van der Waals surface area contributed by atoms with E-state index in [1.165, 1.54) is 0 Å². The van der Waals surface area contributed by atoms with Crippen LogP contribution in [0.1, 0.15) is 5.56 Å². The normalized spacial score (nSPS) is 9.90. The van der Waals surface area contributed by atoms with Crippen molar-refractivity contribution in [3.05, 3.63) is 27.2 Å². The second-order valence-corrected chi connectivity index (χ2v) is 3.38. The van der Waals surface area contributed by atoms with Crippen LogP contribution in [0.25, 0.3) is 0 Å². The van der Waals surface area contributed by atoms with Gasteiger partial charge in [0, 0.05) is 10.2 Å². The number of hydrogen-bond donors (Lipinski definition) is 1. The SMILES string of the molecule is Cc1cc(Cl)c(Br)cc1N. The Balaban J connectivity index is 3.28. The number of nitrogens with two attached hydrogens (primary N) is 1. The summed E-state index contributed by atoms with van der Waals surface area (Å²) >= 11 is 9.05. The Labute approximate surface area is 73.3 Å². The molecule has 0 radical (unpaired) electrons. The molecule has 0 heterocycles. The Bertz CT molecular complexity index is 210. The lowest BCUT2D eigenvalue weighted by Crippen LogP contribution is -1.88. The minimum atomic E-state index is 0.701. The Morgan fingerprint density at radius 3 is 2.60 bits per heavy atom. The summed E-state index contributed by atoms with van der Waals surface area (Å²) in [5.41, 5.74) is 7.37. The number of halogens is 2. The number of rotatable bonds is 0. The summed E-state index contributed by atoms with van der Waals surface area (Å²) in [7, 11) is 0. The number of benzene rings is 1. The standard InChI is InChI=1S/C7H7BrClN/c1-4-2-6(9)5(8)3-7(4)10/h2-3H,10H2,1H3. The van der Waals surface area contributed by atoms with Crippen molar-refractivity contribution in [3.63, 3.8) is 0 Å². The molecule has 0 saturated carbocycles. The van der Waals surface area contributed by atoms with Crippen molar-refractivity contribution < 1.29 is 0 Å². The van der Waals surface area contributed by atoms with Crippen molar-refractivity contribution in [3.8, 4) is 0 Å². The molecule has 1 rings (SSSR count). The molecule has 1 aromatic rings. The van der Waals surface area contributed by atoms with E-state index in [1.807, 2.05) is 13.0 Å².